The molecule has 0 unspecified atom stereocenters. The van der Waals surface area contributed by atoms with Crippen LogP contribution < -0.4 is 16.4 Å². The Kier molecular flexibility index (Phi) is 5.31. The number of piperazine rings is 1. The molecule has 1 aromatic heterocycles. The number of guanidine groups is 1. The number of para-hydroxylation sites is 1. The Labute approximate surface area is 151 Å². The number of carbonyl (C=O) groups is 1. The van der Waals surface area contributed by atoms with Gasteiger partial charge in [-0.1, -0.05) is 18.2 Å². The molecule has 3 rings (SSSR count). The summed E-state index contributed by atoms with van der Waals surface area (Å²) in [6.07, 6.45) is 1.56. The first kappa shape index (κ1) is 17.7. The number of hydrogen-bond acceptors (Lipinski definition) is 4. The maximum atomic E-state index is 13.9. The minimum absolute atomic E-state index is 0.213. The average Bonchev–Trinajstić information content (AvgIpc) is 2.67. The van der Waals surface area contributed by atoms with E-state index in [9.17, 15) is 9.18 Å². The fourth-order valence-electron chi connectivity index (χ4n) is 2.82. The van der Waals surface area contributed by atoms with Gasteiger partial charge in [0.1, 0.15) is 11.5 Å². The lowest BCUT2D eigenvalue weighted by Gasteiger charge is -2.36. The summed E-state index contributed by atoms with van der Waals surface area (Å²) < 4.78 is 13.9. The van der Waals surface area contributed by atoms with Crippen molar-refractivity contribution in [3.63, 3.8) is 0 Å². The molecule has 1 amide bonds. The fourth-order valence-corrected chi connectivity index (χ4v) is 2.82. The highest BCUT2D eigenvalue weighted by atomic mass is 19.1. The molecule has 136 valence electrons. The quantitative estimate of drug-likeness (QED) is 0.628. The Hall–Kier alpha value is -3.16. The highest BCUT2D eigenvalue weighted by molar-refractivity contribution is 5.90. The van der Waals surface area contributed by atoms with E-state index in [1.807, 2.05) is 15.9 Å². The molecule has 4 N–H and O–H groups in total. The topological polar surface area (TPSA) is 101 Å². The van der Waals surface area contributed by atoms with E-state index in [4.69, 9.17) is 11.5 Å². The van der Waals surface area contributed by atoms with E-state index in [1.54, 1.807) is 30.5 Å². The molecule has 8 heteroatoms. The van der Waals surface area contributed by atoms with Crippen molar-refractivity contribution in [2.24, 2.45) is 16.5 Å². The molecule has 2 aromatic rings. The molecule has 2 heterocycles. The van der Waals surface area contributed by atoms with Crippen molar-refractivity contribution in [2.45, 2.75) is 6.54 Å². The van der Waals surface area contributed by atoms with Crippen LogP contribution in [-0.4, -0.2) is 47.9 Å². The first-order valence-electron chi connectivity index (χ1n) is 8.33. The number of hydrogen-bond donors (Lipinski definition) is 2. The Bertz CT molecular complexity index is 800. The van der Waals surface area contributed by atoms with Crippen LogP contribution in [0.15, 0.2) is 47.6 Å². The number of carbonyl (C=O) groups excluding carboxylic acids is 1. The molecular weight excluding hydrogens is 335 g/mol. The molecule has 0 aliphatic carbocycles. The Morgan fingerprint density at radius 2 is 1.85 bits per heavy atom. The molecule has 7 nitrogen and oxygen atoms in total. The summed E-state index contributed by atoms with van der Waals surface area (Å²) in [6.45, 7) is 3.05. The maximum Gasteiger partial charge on any atom is 0.267 e. The van der Waals surface area contributed by atoms with Gasteiger partial charge in [-0.25, -0.2) is 9.38 Å². The lowest BCUT2D eigenvalue weighted by Crippen LogP contribution is -2.51. The fraction of sp³-hybridized carbons (Fsp3) is 0.278. The van der Waals surface area contributed by atoms with Gasteiger partial charge in [-0.15, -0.1) is 0 Å². The second-order valence-electron chi connectivity index (χ2n) is 6.02. The highest BCUT2D eigenvalue weighted by Gasteiger charge is 2.20. The lowest BCUT2D eigenvalue weighted by molar-refractivity contribution is 0.0995. The summed E-state index contributed by atoms with van der Waals surface area (Å²) in [6, 6.07) is 10.1. The molecule has 0 radical (unpaired) electrons. The van der Waals surface area contributed by atoms with Gasteiger partial charge < -0.3 is 21.3 Å². The third-order valence-electron chi connectivity index (χ3n) is 4.30. The van der Waals surface area contributed by atoms with Crippen LogP contribution in [0.1, 0.15) is 16.1 Å². The molecule has 1 saturated heterocycles. The number of amides is 1. The highest BCUT2D eigenvalue weighted by Crippen LogP contribution is 2.20. The standard InChI is InChI=1S/C18H21FN6O/c19-14-3-1-2-4-16(14)24-7-9-25(10-8-24)18(21)23-12-13-5-6-15(17(20)26)22-11-13/h1-6,11H,7-10,12H2,(H2,20,26)(H2,21,23). The van der Waals surface area contributed by atoms with E-state index in [0.717, 1.165) is 5.56 Å². The number of rotatable bonds is 4. The molecule has 1 aliphatic rings. The largest absolute Gasteiger partial charge is 0.370 e. The summed E-state index contributed by atoms with van der Waals surface area (Å²) in [4.78, 5) is 23.4. The number of aromatic nitrogens is 1. The third-order valence-corrected chi connectivity index (χ3v) is 4.30. The first-order valence-corrected chi connectivity index (χ1v) is 8.33. The number of benzene rings is 1. The zero-order valence-electron chi connectivity index (χ0n) is 14.3. The van der Waals surface area contributed by atoms with Gasteiger partial charge in [0.25, 0.3) is 5.91 Å². The maximum absolute atomic E-state index is 13.9. The van der Waals surface area contributed by atoms with Gasteiger partial charge in [-0.3, -0.25) is 9.78 Å². The Balaban J connectivity index is 1.56. The number of anilines is 1. The third kappa shape index (κ3) is 4.08. The normalized spacial score (nSPS) is 15.2. The van der Waals surface area contributed by atoms with E-state index < -0.39 is 5.91 Å². The van der Waals surface area contributed by atoms with Gasteiger partial charge in [0.15, 0.2) is 5.96 Å². The number of nitrogens with zero attached hydrogens (tertiary/aromatic N) is 4. The van der Waals surface area contributed by atoms with Crippen LogP contribution in [0.3, 0.4) is 0 Å². The van der Waals surface area contributed by atoms with Crippen molar-refractivity contribution in [3.05, 3.63) is 59.7 Å². The minimum atomic E-state index is -0.563. The number of aliphatic imine (C=N–C) groups is 1. The monoisotopic (exact) mass is 356 g/mol. The molecule has 0 bridgehead atoms. The van der Waals surface area contributed by atoms with Crippen LogP contribution >= 0.6 is 0 Å². The van der Waals surface area contributed by atoms with Crippen molar-refractivity contribution in [3.8, 4) is 0 Å². The lowest BCUT2D eigenvalue weighted by atomic mass is 10.2. The predicted molar refractivity (Wildman–Crippen MR) is 98.3 cm³/mol. The second-order valence-corrected chi connectivity index (χ2v) is 6.02. The zero-order chi connectivity index (χ0) is 18.5. The van der Waals surface area contributed by atoms with E-state index in [0.29, 0.717) is 44.4 Å². The van der Waals surface area contributed by atoms with E-state index >= 15 is 0 Å². The van der Waals surface area contributed by atoms with E-state index in [1.165, 1.54) is 6.07 Å². The van der Waals surface area contributed by atoms with Crippen molar-refractivity contribution in [1.29, 1.82) is 0 Å². The summed E-state index contributed by atoms with van der Waals surface area (Å²) in [5.41, 5.74) is 12.9. The van der Waals surface area contributed by atoms with Crippen LogP contribution in [0.2, 0.25) is 0 Å². The number of pyridine rings is 1. The average molecular weight is 356 g/mol. The van der Waals surface area contributed by atoms with Crippen molar-refractivity contribution >= 4 is 17.6 Å². The van der Waals surface area contributed by atoms with Crippen molar-refractivity contribution in [1.82, 2.24) is 9.88 Å². The van der Waals surface area contributed by atoms with Crippen LogP contribution in [0.25, 0.3) is 0 Å². The predicted octanol–water partition coefficient (Wildman–Crippen LogP) is 0.956. The molecule has 1 aromatic carbocycles. The molecule has 0 saturated carbocycles. The van der Waals surface area contributed by atoms with Gasteiger partial charge >= 0.3 is 0 Å². The second kappa shape index (κ2) is 7.81. The SMILES string of the molecule is NC(=O)c1ccc(CN=C(N)N2CCN(c3ccccc3F)CC2)cn1. The van der Waals surface area contributed by atoms with Crippen LogP contribution in [-0.2, 0) is 6.54 Å². The van der Waals surface area contributed by atoms with Crippen LogP contribution in [0.4, 0.5) is 10.1 Å². The number of nitrogens with two attached hydrogens (primary N) is 2. The summed E-state index contributed by atoms with van der Waals surface area (Å²) in [7, 11) is 0. The summed E-state index contributed by atoms with van der Waals surface area (Å²) in [5, 5.41) is 0. The van der Waals surface area contributed by atoms with Gasteiger partial charge in [0, 0.05) is 32.4 Å². The van der Waals surface area contributed by atoms with Gasteiger partial charge in [-0.2, -0.15) is 0 Å². The van der Waals surface area contributed by atoms with Gasteiger partial charge in [0.2, 0.25) is 0 Å². The van der Waals surface area contributed by atoms with E-state index in [2.05, 4.69) is 9.98 Å². The van der Waals surface area contributed by atoms with Crippen LogP contribution in [0.5, 0.6) is 0 Å². The minimum Gasteiger partial charge on any atom is -0.370 e. The number of halogens is 1. The van der Waals surface area contributed by atoms with E-state index in [-0.39, 0.29) is 11.5 Å². The molecule has 0 spiro atoms. The number of primary amides is 1. The smallest absolute Gasteiger partial charge is 0.267 e. The molecule has 0 atom stereocenters. The van der Waals surface area contributed by atoms with Gasteiger partial charge in [0.05, 0.1) is 12.2 Å². The molecule has 1 aliphatic heterocycles. The van der Waals surface area contributed by atoms with Crippen molar-refractivity contribution in [2.75, 3.05) is 31.1 Å². The summed E-state index contributed by atoms with van der Waals surface area (Å²) in [5.74, 6) is -0.334. The van der Waals surface area contributed by atoms with Crippen LogP contribution in [0, 0.1) is 5.82 Å². The zero-order valence-corrected chi connectivity index (χ0v) is 14.3. The molecule has 26 heavy (non-hydrogen) atoms. The Morgan fingerprint density at radius 1 is 1.12 bits per heavy atom. The van der Waals surface area contributed by atoms with Crippen molar-refractivity contribution < 1.29 is 9.18 Å². The molecule has 1 fully saturated rings. The van der Waals surface area contributed by atoms with Gasteiger partial charge in [-0.05, 0) is 23.8 Å². The Morgan fingerprint density at radius 3 is 2.46 bits per heavy atom. The molecular formula is C18H21FN6O. The summed E-state index contributed by atoms with van der Waals surface area (Å²) >= 11 is 0. The first-order chi connectivity index (χ1) is 12.5.